The SMILES string of the molecule is O=C(CCOCCOCCOCCOCCOCCOCCBr)ON1C(=O)CCC1=O. The zero-order chi connectivity index (χ0) is 22.6. The number of amides is 2. The molecule has 1 heterocycles. The minimum Gasteiger partial charge on any atom is -0.378 e. The predicted molar refractivity (Wildman–Crippen MR) is 111 cm³/mol. The molecule has 1 aliphatic heterocycles. The molecule has 2 amide bonds. The minimum absolute atomic E-state index is 0.0594. The first-order valence-corrected chi connectivity index (χ1v) is 11.4. The van der Waals surface area contributed by atoms with E-state index >= 15 is 0 Å². The molecule has 0 N–H and O–H groups in total. The van der Waals surface area contributed by atoms with Crippen LogP contribution in [-0.4, -0.2) is 107 Å². The maximum Gasteiger partial charge on any atom is 0.335 e. The fraction of sp³-hybridized carbons (Fsp3) is 0.842. The number of imide groups is 1. The molecule has 0 aromatic carbocycles. The van der Waals surface area contributed by atoms with Crippen molar-refractivity contribution in [2.24, 2.45) is 0 Å². The molecular weight excluding hydrogens is 482 g/mol. The van der Waals surface area contributed by atoms with Crippen LogP contribution in [0.2, 0.25) is 0 Å². The van der Waals surface area contributed by atoms with Gasteiger partial charge in [0.25, 0.3) is 11.8 Å². The fourth-order valence-corrected chi connectivity index (χ4v) is 2.45. The first-order valence-electron chi connectivity index (χ1n) is 10.2. The van der Waals surface area contributed by atoms with Crippen molar-refractivity contribution >= 4 is 33.7 Å². The number of carbonyl (C=O) groups is 3. The summed E-state index contributed by atoms with van der Waals surface area (Å²) in [5, 5.41) is 1.34. The van der Waals surface area contributed by atoms with Crippen LogP contribution in [0.15, 0.2) is 0 Å². The van der Waals surface area contributed by atoms with Crippen LogP contribution in [0.4, 0.5) is 0 Å². The Kier molecular flexibility index (Phi) is 17.6. The van der Waals surface area contributed by atoms with Gasteiger partial charge in [0.05, 0.1) is 85.7 Å². The molecule has 1 fully saturated rings. The van der Waals surface area contributed by atoms with E-state index in [0.717, 1.165) is 5.33 Å². The maximum atomic E-state index is 11.6. The number of hydroxylamine groups is 2. The Hall–Kier alpha value is -1.15. The van der Waals surface area contributed by atoms with Gasteiger partial charge in [-0.15, -0.1) is 5.06 Å². The first kappa shape index (κ1) is 27.9. The van der Waals surface area contributed by atoms with Gasteiger partial charge in [0.15, 0.2) is 0 Å². The van der Waals surface area contributed by atoms with E-state index in [0.29, 0.717) is 77.7 Å². The van der Waals surface area contributed by atoms with Crippen LogP contribution in [0.3, 0.4) is 0 Å². The molecule has 0 spiro atoms. The lowest BCUT2D eigenvalue weighted by molar-refractivity contribution is -0.198. The molecule has 31 heavy (non-hydrogen) atoms. The topological polar surface area (TPSA) is 119 Å². The van der Waals surface area contributed by atoms with Gasteiger partial charge in [-0.25, -0.2) is 4.79 Å². The van der Waals surface area contributed by atoms with Crippen molar-refractivity contribution in [3.05, 3.63) is 0 Å². The van der Waals surface area contributed by atoms with Crippen molar-refractivity contribution in [1.29, 1.82) is 0 Å². The number of nitrogens with zero attached hydrogens (tertiary/aromatic N) is 1. The second-order valence-electron chi connectivity index (χ2n) is 6.16. The monoisotopic (exact) mass is 513 g/mol. The zero-order valence-corrected chi connectivity index (χ0v) is 19.3. The third-order valence-electron chi connectivity index (χ3n) is 3.73. The van der Waals surface area contributed by atoms with Gasteiger partial charge in [0, 0.05) is 18.2 Å². The Morgan fingerprint density at radius 3 is 1.39 bits per heavy atom. The highest BCUT2D eigenvalue weighted by Gasteiger charge is 2.32. The molecule has 0 saturated carbocycles. The minimum atomic E-state index is -0.689. The lowest BCUT2D eigenvalue weighted by atomic mass is 10.4. The molecule has 0 bridgehead atoms. The van der Waals surface area contributed by atoms with E-state index in [1.807, 2.05) is 0 Å². The van der Waals surface area contributed by atoms with Gasteiger partial charge >= 0.3 is 5.97 Å². The second kappa shape index (κ2) is 19.5. The number of hydrogen-bond donors (Lipinski definition) is 0. The summed E-state index contributed by atoms with van der Waals surface area (Å²) >= 11 is 3.28. The Bertz CT molecular complexity index is 492. The Labute approximate surface area is 190 Å². The van der Waals surface area contributed by atoms with E-state index in [9.17, 15) is 14.4 Å². The summed E-state index contributed by atoms with van der Waals surface area (Å²) in [5.74, 6) is -1.69. The highest BCUT2D eigenvalue weighted by Crippen LogP contribution is 2.12. The van der Waals surface area contributed by atoms with Gasteiger partial charge < -0.3 is 33.3 Å². The standard InChI is InChI=1S/C19H32BrNO10/c20-4-6-26-8-10-28-12-14-30-16-15-29-13-11-27-9-7-25-5-3-19(24)31-21-17(22)1-2-18(21)23/h1-16H2. The fourth-order valence-electron chi connectivity index (χ4n) is 2.22. The van der Waals surface area contributed by atoms with E-state index in [1.54, 1.807) is 0 Å². The lowest BCUT2D eigenvalue weighted by Gasteiger charge is -2.12. The van der Waals surface area contributed by atoms with Gasteiger partial charge in [-0.2, -0.15) is 0 Å². The smallest absolute Gasteiger partial charge is 0.335 e. The summed E-state index contributed by atoms with van der Waals surface area (Å²) in [5.41, 5.74) is 0. The van der Waals surface area contributed by atoms with Gasteiger partial charge in [0.1, 0.15) is 0 Å². The van der Waals surface area contributed by atoms with Crippen molar-refractivity contribution in [2.75, 3.05) is 84.6 Å². The molecule has 1 rings (SSSR count). The summed E-state index contributed by atoms with van der Waals surface area (Å²) in [6.07, 6.45) is 0.0794. The van der Waals surface area contributed by atoms with Crippen molar-refractivity contribution in [3.63, 3.8) is 0 Å². The number of hydrogen-bond acceptors (Lipinski definition) is 10. The summed E-state index contributed by atoms with van der Waals surface area (Å²) in [7, 11) is 0. The van der Waals surface area contributed by atoms with Crippen LogP contribution in [0, 0.1) is 0 Å². The van der Waals surface area contributed by atoms with Crippen LogP contribution >= 0.6 is 15.9 Å². The quantitative estimate of drug-likeness (QED) is 0.122. The molecule has 1 aliphatic rings. The zero-order valence-electron chi connectivity index (χ0n) is 17.7. The normalized spacial score (nSPS) is 13.9. The Balaban J connectivity index is 1.75. The van der Waals surface area contributed by atoms with Crippen LogP contribution in [0.25, 0.3) is 0 Å². The van der Waals surface area contributed by atoms with Gasteiger partial charge in [-0.3, -0.25) is 9.59 Å². The first-order chi connectivity index (χ1) is 15.1. The summed E-state index contributed by atoms with van der Waals surface area (Å²) < 4.78 is 31.9. The van der Waals surface area contributed by atoms with Gasteiger partial charge in [-0.1, -0.05) is 15.9 Å². The molecule has 12 heteroatoms. The summed E-state index contributed by atoms with van der Waals surface area (Å²) in [4.78, 5) is 38.9. The highest BCUT2D eigenvalue weighted by molar-refractivity contribution is 9.09. The number of ether oxygens (including phenoxy) is 6. The molecule has 0 radical (unpaired) electrons. The Morgan fingerprint density at radius 1 is 0.645 bits per heavy atom. The lowest BCUT2D eigenvalue weighted by Crippen LogP contribution is -2.32. The van der Waals surface area contributed by atoms with E-state index in [-0.39, 0.29) is 25.9 Å². The van der Waals surface area contributed by atoms with Crippen LogP contribution in [0.5, 0.6) is 0 Å². The van der Waals surface area contributed by atoms with Crippen molar-refractivity contribution < 1.29 is 47.6 Å². The number of halogens is 1. The largest absolute Gasteiger partial charge is 0.378 e. The molecule has 0 aromatic heterocycles. The predicted octanol–water partition coefficient (Wildman–Crippen LogP) is 0.478. The van der Waals surface area contributed by atoms with E-state index < -0.39 is 17.8 Å². The number of alkyl halides is 1. The summed E-state index contributed by atoms with van der Waals surface area (Å²) in [6.45, 7) is 5.42. The van der Waals surface area contributed by atoms with Gasteiger partial charge in [0.2, 0.25) is 0 Å². The molecule has 0 unspecified atom stereocenters. The van der Waals surface area contributed by atoms with Crippen molar-refractivity contribution in [2.45, 2.75) is 19.3 Å². The van der Waals surface area contributed by atoms with Crippen molar-refractivity contribution in [3.8, 4) is 0 Å². The third-order valence-corrected chi connectivity index (χ3v) is 4.05. The molecule has 180 valence electrons. The average molecular weight is 514 g/mol. The van der Waals surface area contributed by atoms with Crippen molar-refractivity contribution in [1.82, 2.24) is 5.06 Å². The van der Waals surface area contributed by atoms with Crippen LogP contribution in [-0.2, 0) is 47.6 Å². The molecule has 11 nitrogen and oxygen atoms in total. The third kappa shape index (κ3) is 15.3. The Morgan fingerprint density at radius 2 is 1.00 bits per heavy atom. The van der Waals surface area contributed by atoms with E-state index in [2.05, 4.69) is 15.9 Å². The highest BCUT2D eigenvalue weighted by atomic mass is 79.9. The van der Waals surface area contributed by atoms with E-state index in [4.69, 9.17) is 33.3 Å². The molecule has 0 aromatic rings. The molecule has 1 saturated heterocycles. The maximum absolute atomic E-state index is 11.6. The molecular formula is C19H32BrNO10. The number of carbonyl (C=O) groups excluding carboxylic acids is 3. The summed E-state index contributed by atoms with van der Waals surface area (Å²) in [6, 6.07) is 0. The number of rotatable bonds is 21. The molecule has 0 aliphatic carbocycles. The molecule has 0 atom stereocenters. The second-order valence-corrected chi connectivity index (χ2v) is 6.95. The average Bonchev–Trinajstić information content (AvgIpc) is 3.07. The van der Waals surface area contributed by atoms with Gasteiger partial charge in [-0.05, 0) is 0 Å². The van der Waals surface area contributed by atoms with Crippen LogP contribution < -0.4 is 0 Å². The van der Waals surface area contributed by atoms with Crippen LogP contribution in [0.1, 0.15) is 19.3 Å². The van der Waals surface area contributed by atoms with E-state index in [1.165, 1.54) is 0 Å².